The molecular weight excluding hydrogens is 302 g/mol. The molecule has 9 heteroatoms. The number of aryl methyl sites for hydroxylation is 1. The number of alkyl halides is 6. The van der Waals surface area contributed by atoms with Gasteiger partial charge in [-0.25, -0.2) is 4.98 Å². The summed E-state index contributed by atoms with van der Waals surface area (Å²) < 4.78 is 78.8. The van der Waals surface area contributed by atoms with Gasteiger partial charge in [0, 0.05) is 18.3 Å². The van der Waals surface area contributed by atoms with E-state index < -0.39 is 24.3 Å². The molecule has 1 aromatic heterocycles. The molecule has 0 aliphatic rings. The van der Waals surface area contributed by atoms with Crippen LogP contribution < -0.4 is 10.1 Å². The molecule has 120 valence electrons. The molecule has 0 aliphatic carbocycles. The monoisotopic (exact) mass is 316 g/mol. The van der Waals surface area contributed by atoms with Crippen molar-refractivity contribution in [3.63, 3.8) is 0 Å². The molecule has 1 heterocycles. The number of hydrogen-bond acceptors (Lipinski definition) is 3. The third kappa shape index (κ3) is 5.07. The minimum Gasteiger partial charge on any atom is -0.455 e. The van der Waals surface area contributed by atoms with Gasteiger partial charge in [0.1, 0.15) is 0 Å². The first-order chi connectivity index (χ1) is 9.57. The van der Waals surface area contributed by atoms with E-state index >= 15 is 0 Å². The van der Waals surface area contributed by atoms with Gasteiger partial charge < -0.3 is 10.1 Å². The second-order valence-corrected chi connectivity index (χ2v) is 4.27. The summed E-state index contributed by atoms with van der Waals surface area (Å²) >= 11 is 0. The third-order valence-corrected chi connectivity index (χ3v) is 2.49. The van der Waals surface area contributed by atoms with Crippen molar-refractivity contribution in [3.05, 3.63) is 23.4 Å². The Labute approximate surface area is 117 Å². The van der Waals surface area contributed by atoms with Gasteiger partial charge in [0.05, 0.1) is 0 Å². The molecule has 1 aromatic rings. The zero-order valence-electron chi connectivity index (χ0n) is 11.3. The van der Waals surface area contributed by atoms with Crippen molar-refractivity contribution in [3.8, 4) is 5.88 Å². The predicted molar refractivity (Wildman–Crippen MR) is 62.9 cm³/mol. The lowest BCUT2D eigenvalue weighted by molar-refractivity contribution is -0.300. The molecule has 21 heavy (non-hydrogen) atoms. The van der Waals surface area contributed by atoms with Crippen LogP contribution >= 0.6 is 0 Å². The van der Waals surface area contributed by atoms with E-state index in [1.165, 1.54) is 0 Å². The Hall–Kier alpha value is -1.51. The van der Waals surface area contributed by atoms with Gasteiger partial charge >= 0.3 is 12.4 Å². The van der Waals surface area contributed by atoms with Crippen LogP contribution in [0.1, 0.15) is 18.2 Å². The highest BCUT2D eigenvalue weighted by atomic mass is 19.4. The Morgan fingerprint density at radius 3 is 2.14 bits per heavy atom. The third-order valence-electron chi connectivity index (χ3n) is 2.49. The molecule has 1 rings (SSSR count). The van der Waals surface area contributed by atoms with Crippen molar-refractivity contribution in [2.45, 2.75) is 38.3 Å². The maximum Gasteiger partial charge on any atom is 0.434 e. The Balaban J connectivity index is 3.11. The van der Waals surface area contributed by atoms with E-state index in [-0.39, 0.29) is 6.54 Å². The van der Waals surface area contributed by atoms with Crippen molar-refractivity contribution >= 4 is 0 Å². The van der Waals surface area contributed by atoms with Crippen molar-refractivity contribution in [1.82, 2.24) is 10.3 Å². The van der Waals surface area contributed by atoms with Crippen LogP contribution in [0.15, 0.2) is 12.1 Å². The topological polar surface area (TPSA) is 34.1 Å². The first kappa shape index (κ1) is 17.5. The summed E-state index contributed by atoms with van der Waals surface area (Å²) in [6, 6.07) is 2.64. The quantitative estimate of drug-likeness (QED) is 0.847. The molecule has 0 atom stereocenters. The molecule has 0 saturated carbocycles. The number of rotatable bonds is 5. The lowest BCUT2D eigenvalue weighted by Gasteiger charge is -2.23. The molecule has 1 N–H and O–H groups in total. The van der Waals surface area contributed by atoms with Gasteiger partial charge in [-0.15, -0.1) is 0 Å². The Kier molecular flexibility index (Phi) is 5.43. The first-order valence-corrected chi connectivity index (χ1v) is 6.02. The van der Waals surface area contributed by atoms with Gasteiger partial charge in [0.15, 0.2) is 0 Å². The van der Waals surface area contributed by atoms with E-state index in [0.29, 0.717) is 17.7 Å². The minimum atomic E-state index is -5.56. The molecular formula is C12H14F6N2O. The van der Waals surface area contributed by atoms with Crippen molar-refractivity contribution < 1.29 is 31.1 Å². The van der Waals surface area contributed by atoms with Gasteiger partial charge in [-0.3, -0.25) is 0 Å². The number of pyridine rings is 1. The van der Waals surface area contributed by atoms with Crippen LogP contribution in [0.4, 0.5) is 26.3 Å². The lowest BCUT2D eigenvalue weighted by atomic mass is 10.2. The number of nitrogens with one attached hydrogen (secondary N) is 1. The van der Waals surface area contributed by atoms with Gasteiger partial charge in [-0.2, -0.15) is 26.3 Å². The highest BCUT2D eigenvalue weighted by molar-refractivity contribution is 5.25. The highest BCUT2D eigenvalue weighted by Crippen LogP contribution is 2.36. The fourth-order valence-corrected chi connectivity index (χ4v) is 1.61. The number of ether oxygens (including phenoxy) is 1. The van der Waals surface area contributed by atoms with Crippen LogP contribution in [-0.4, -0.2) is 30.5 Å². The summed E-state index contributed by atoms with van der Waals surface area (Å²) in [4.78, 5) is 3.65. The largest absolute Gasteiger partial charge is 0.455 e. The number of halogens is 6. The van der Waals surface area contributed by atoms with Crippen LogP contribution in [0.25, 0.3) is 0 Å². The van der Waals surface area contributed by atoms with Crippen LogP contribution in [0, 0.1) is 0 Å². The van der Waals surface area contributed by atoms with Crippen molar-refractivity contribution in [2.75, 3.05) is 7.05 Å². The average molecular weight is 316 g/mol. The van der Waals surface area contributed by atoms with E-state index in [2.05, 4.69) is 15.0 Å². The minimum absolute atomic E-state index is 0.272. The second-order valence-electron chi connectivity index (χ2n) is 4.27. The molecule has 0 saturated heterocycles. The van der Waals surface area contributed by atoms with E-state index in [9.17, 15) is 26.3 Å². The van der Waals surface area contributed by atoms with E-state index in [1.807, 2.05) is 0 Å². The summed E-state index contributed by atoms with van der Waals surface area (Å²) in [6.45, 7) is 1.95. The molecule has 0 spiro atoms. The Morgan fingerprint density at radius 1 is 1.14 bits per heavy atom. The maximum absolute atomic E-state index is 12.4. The van der Waals surface area contributed by atoms with E-state index in [0.717, 1.165) is 6.07 Å². The molecule has 0 aliphatic heterocycles. The van der Waals surface area contributed by atoms with Crippen LogP contribution in [0.2, 0.25) is 0 Å². The predicted octanol–water partition coefficient (Wildman–Crippen LogP) is 3.24. The molecule has 0 amide bonds. The summed E-state index contributed by atoms with van der Waals surface area (Å²) in [5.41, 5.74) is 0.836. The van der Waals surface area contributed by atoms with Gasteiger partial charge in [-0.05, 0) is 25.1 Å². The first-order valence-electron chi connectivity index (χ1n) is 6.02. The lowest BCUT2D eigenvalue weighted by Crippen LogP contribution is -2.46. The van der Waals surface area contributed by atoms with E-state index in [4.69, 9.17) is 0 Å². The standard InChI is InChI=1S/C12H14F6N2O/c1-3-8-4-7(6-19-2)5-9(20-8)21-10(11(13,14)15)12(16,17)18/h4-5,10,19H,3,6H2,1-2H3. The SMILES string of the molecule is CCc1cc(CNC)cc(OC(C(F)(F)F)C(F)(F)F)n1. The molecule has 0 fully saturated rings. The molecule has 0 aromatic carbocycles. The zero-order chi connectivity index (χ0) is 16.3. The molecule has 3 nitrogen and oxygen atoms in total. The zero-order valence-corrected chi connectivity index (χ0v) is 11.3. The highest BCUT2D eigenvalue weighted by Gasteiger charge is 2.59. The van der Waals surface area contributed by atoms with Gasteiger partial charge in [-0.1, -0.05) is 6.92 Å². The second kappa shape index (κ2) is 6.50. The molecule has 0 radical (unpaired) electrons. The van der Waals surface area contributed by atoms with Crippen LogP contribution in [0.5, 0.6) is 5.88 Å². The summed E-state index contributed by atoms with van der Waals surface area (Å²) in [6.07, 6.45) is -14.7. The van der Waals surface area contributed by atoms with Gasteiger partial charge in [0.2, 0.25) is 5.88 Å². The van der Waals surface area contributed by atoms with Crippen molar-refractivity contribution in [2.24, 2.45) is 0 Å². The fourth-order valence-electron chi connectivity index (χ4n) is 1.61. The summed E-state index contributed by atoms with van der Waals surface area (Å²) in [7, 11) is 1.60. The number of nitrogens with zero attached hydrogens (tertiary/aromatic N) is 1. The maximum atomic E-state index is 12.4. The smallest absolute Gasteiger partial charge is 0.434 e. The normalized spacial score (nSPS) is 12.8. The number of hydrogen-bond donors (Lipinski definition) is 1. The Morgan fingerprint density at radius 2 is 1.71 bits per heavy atom. The molecule has 0 bridgehead atoms. The van der Waals surface area contributed by atoms with E-state index in [1.54, 1.807) is 20.0 Å². The summed E-state index contributed by atoms with van der Waals surface area (Å²) in [5.74, 6) is -0.695. The fraction of sp³-hybridized carbons (Fsp3) is 0.583. The molecule has 0 unspecified atom stereocenters. The van der Waals surface area contributed by atoms with Crippen LogP contribution in [0.3, 0.4) is 0 Å². The average Bonchev–Trinajstić information content (AvgIpc) is 2.33. The van der Waals surface area contributed by atoms with Crippen molar-refractivity contribution in [1.29, 1.82) is 0 Å². The number of aromatic nitrogens is 1. The van der Waals surface area contributed by atoms with Gasteiger partial charge in [0.25, 0.3) is 6.10 Å². The van der Waals surface area contributed by atoms with Crippen LogP contribution in [-0.2, 0) is 13.0 Å². The summed E-state index contributed by atoms with van der Waals surface area (Å²) in [5, 5.41) is 2.75. The Bertz CT molecular complexity index is 458.